The van der Waals surface area contributed by atoms with Crippen molar-refractivity contribution in [3.63, 3.8) is 0 Å². The van der Waals surface area contributed by atoms with Crippen molar-refractivity contribution in [2.24, 2.45) is 0 Å². The Morgan fingerprint density at radius 1 is 1.08 bits per heavy atom. The van der Waals surface area contributed by atoms with E-state index in [0.29, 0.717) is 23.3 Å². The number of amides is 1. The Morgan fingerprint density at radius 2 is 1.68 bits per heavy atom. The second kappa shape index (κ2) is 11.1. The van der Waals surface area contributed by atoms with Gasteiger partial charge in [0.1, 0.15) is 28.5 Å². The molecular formula is C23H23ClF3NO9S. The first-order valence-corrected chi connectivity index (χ1v) is 12.7. The summed E-state index contributed by atoms with van der Waals surface area (Å²) in [6.07, 6.45) is -5.56. The zero-order chi connectivity index (χ0) is 29.2. The van der Waals surface area contributed by atoms with Crippen molar-refractivity contribution in [1.29, 1.82) is 0 Å². The molecule has 2 rings (SSSR count). The predicted octanol–water partition coefficient (Wildman–Crippen LogP) is 5.17. The molecule has 2 aromatic rings. The smallest absolute Gasteiger partial charge is 0.420 e. The predicted molar refractivity (Wildman–Crippen MR) is 129 cm³/mol. The van der Waals surface area contributed by atoms with Crippen LogP contribution in [0.1, 0.15) is 36.7 Å². The number of ether oxygens (including phenoxy) is 3. The van der Waals surface area contributed by atoms with E-state index in [4.69, 9.17) is 21.1 Å². The highest BCUT2D eigenvalue weighted by Gasteiger charge is 2.36. The maximum atomic E-state index is 13.6. The first-order valence-electron chi connectivity index (χ1n) is 10.5. The average Bonchev–Trinajstić information content (AvgIpc) is 2.75. The van der Waals surface area contributed by atoms with Crippen LogP contribution in [0.4, 0.5) is 23.7 Å². The molecule has 0 atom stereocenters. The highest BCUT2D eigenvalue weighted by atomic mass is 35.5. The molecule has 208 valence electrons. The molecule has 0 fully saturated rings. The van der Waals surface area contributed by atoms with E-state index in [0.717, 1.165) is 25.3 Å². The maximum Gasteiger partial charge on any atom is 0.420 e. The number of methoxy groups -OCH3 is 1. The van der Waals surface area contributed by atoms with Crippen LogP contribution < -0.4 is 9.64 Å². The van der Waals surface area contributed by atoms with Gasteiger partial charge in [-0.3, -0.25) is 9.69 Å². The van der Waals surface area contributed by atoms with E-state index < -0.39 is 79.4 Å². The fourth-order valence-corrected chi connectivity index (χ4v) is 4.36. The largest absolute Gasteiger partial charge is 0.478 e. The molecule has 0 aliphatic heterocycles. The molecule has 0 unspecified atom stereocenters. The summed E-state index contributed by atoms with van der Waals surface area (Å²) in [5.74, 6) is -4.26. The van der Waals surface area contributed by atoms with Gasteiger partial charge in [-0.05, 0) is 45.0 Å². The Balaban J connectivity index is 2.89. The first kappa shape index (κ1) is 30.7. The summed E-state index contributed by atoms with van der Waals surface area (Å²) in [5.41, 5.74) is -4.11. The van der Waals surface area contributed by atoms with E-state index in [-0.39, 0.29) is 5.02 Å². The Morgan fingerprint density at radius 3 is 2.16 bits per heavy atom. The van der Waals surface area contributed by atoms with Crippen molar-refractivity contribution < 1.29 is 55.3 Å². The summed E-state index contributed by atoms with van der Waals surface area (Å²) < 4.78 is 81.2. The number of nitrogens with zero attached hydrogens (tertiary/aromatic N) is 1. The fourth-order valence-electron chi connectivity index (χ4n) is 3.09. The third-order valence-corrected chi connectivity index (χ3v) is 5.94. The molecule has 2 aromatic carbocycles. The third kappa shape index (κ3) is 7.74. The Kier molecular flexibility index (Phi) is 8.95. The summed E-state index contributed by atoms with van der Waals surface area (Å²) in [6.45, 7) is 3.48. The lowest BCUT2D eigenvalue weighted by Crippen LogP contribution is -2.41. The molecule has 1 amide bonds. The minimum Gasteiger partial charge on any atom is -0.478 e. The second-order valence-electron chi connectivity index (χ2n) is 8.78. The van der Waals surface area contributed by atoms with Crippen LogP contribution in [-0.4, -0.2) is 57.1 Å². The molecule has 0 aromatic heterocycles. The number of rotatable bonds is 7. The van der Waals surface area contributed by atoms with Crippen LogP contribution in [0.25, 0.3) is 0 Å². The van der Waals surface area contributed by atoms with E-state index in [1.807, 2.05) is 0 Å². The molecule has 0 radical (unpaired) electrons. The van der Waals surface area contributed by atoms with Gasteiger partial charge in [0.05, 0.1) is 23.9 Å². The van der Waals surface area contributed by atoms with Gasteiger partial charge in [0.15, 0.2) is 9.84 Å². The first-order chi connectivity index (χ1) is 17.2. The molecule has 0 heterocycles. The van der Waals surface area contributed by atoms with Crippen LogP contribution >= 0.6 is 11.6 Å². The van der Waals surface area contributed by atoms with Crippen LogP contribution in [0.3, 0.4) is 0 Å². The standard InChI is InChI=1S/C23H23ClF3NO9S/c1-22(2,3)37-21(32)28(11-18(29)35-4)16-10-13(9-14(20(30)31)19(16)38(5,33)34)36-17-7-6-12(24)8-15(17)23(25,26)27/h6-10H,11H2,1-5H3,(H,30,31). The van der Waals surface area contributed by atoms with Crippen LogP contribution in [0.2, 0.25) is 5.02 Å². The molecule has 0 saturated heterocycles. The number of hydrogen-bond acceptors (Lipinski definition) is 8. The van der Waals surface area contributed by atoms with E-state index in [9.17, 15) is 41.1 Å². The Labute approximate surface area is 220 Å². The highest BCUT2D eigenvalue weighted by molar-refractivity contribution is 7.91. The number of sulfone groups is 1. The average molecular weight is 582 g/mol. The van der Waals surface area contributed by atoms with Gasteiger partial charge in [0, 0.05) is 17.3 Å². The van der Waals surface area contributed by atoms with E-state index in [1.54, 1.807) is 0 Å². The van der Waals surface area contributed by atoms with Crippen molar-refractivity contribution in [2.75, 3.05) is 24.8 Å². The normalized spacial score (nSPS) is 12.0. The summed E-state index contributed by atoms with van der Waals surface area (Å²) in [4.78, 5) is 36.7. The fraction of sp³-hybridized carbons (Fsp3) is 0.348. The zero-order valence-corrected chi connectivity index (χ0v) is 22.2. The third-order valence-electron chi connectivity index (χ3n) is 4.54. The van der Waals surface area contributed by atoms with E-state index >= 15 is 0 Å². The number of carboxylic acids is 1. The highest BCUT2D eigenvalue weighted by Crippen LogP contribution is 2.42. The quantitative estimate of drug-likeness (QED) is 0.439. The summed E-state index contributed by atoms with van der Waals surface area (Å²) in [6, 6.07) is 3.99. The van der Waals surface area contributed by atoms with Gasteiger partial charge in [-0.2, -0.15) is 13.2 Å². The number of aromatic carboxylic acids is 1. The molecule has 0 saturated carbocycles. The molecule has 38 heavy (non-hydrogen) atoms. The topological polar surface area (TPSA) is 137 Å². The SMILES string of the molecule is COC(=O)CN(C(=O)OC(C)(C)C)c1cc(Oc2ccc(Cl)cc2C(F)(F)F)cc(C(=O)O)c1S(C)(=O)=O. The summed E-state index contributed by atoms with van der Waals surface area (Å²) >= 11 is 5.68. The summed E-state index contributed by atoms with van der Waals surface area (Å²) in [5, 5.41) is 9.49. The molecule has 0 bridgehead atoms. The minimum atomic E-state index is -4.93. The lowest BCUT2D eigenvalue weighted by atomic mass is 10.1. The number of carbonyl (C=O) groups excluding carboxylic acids is 2. The lowest BCUT2D eigenvalue weighted by molar-refractivity contribution is -0.139. The number of hydrogen-bond donors (Lipinski definition) is 1. The Bertz CT molecular complexity index is 1370. The van der Waals surface area contributed by atoms with Gasteiger partial charge in [-0.15, -0.1) is 0 Å². The number of alkyl halides is 3. The zero-order valence-electron chi connectivity index (χ0n) is 20.7. The number of benzene rings is 2. The van der Waals surface area contributed by atoms with E-state index in [1.165, 1.54) is 20.8 Å². The van der Waals surface area contributed by atoms with Gasteiger partial charge >= 0.3 is 24.2 Å². The van der Waals surface area contributed by atoms with Gasteiger partial charge in [0.25, 0.3) is 0 Å². The van der Waals surface area contributed by atoms with Crippen molar-refractivity contribution in [3.05, 3.63) is 46.5 Å². The van der Waals surface area contributed by atoms with Crippen molar-refractivity contribution in [1.82, 2.24) is 0 Å². The van der Waals surface area contributed by atoms with Crippen molar-refractivity contribution >= 4 is 45.2 Å². The monoisotopic (exact) mass is 581 g/mol. The molecule has 0 aliphatic carbocycles. The van der Waals surface area contributed by atoms with Crippen LogP contribution in [0, 0.1) is 0 Å². The van der Waals surface area contributed by atoms with Gasteiger partial charge in [-0.1, -0.05) is 11.6 Å². The second-order valence-corrected chi connectivity index (χ2v) is 11.2. The maximum absolute atomic E-state index is 13.6. The molecule has 10 nitrogen and oxygen atoms in total. The van der Waals surface area contributed by atoms with Crippen LogP contribution in [0.5, 0.6) is 11.5 Å². The van der Waals surface area contributed by atoms with Crippen LogP contribution in [0.15, 0.2) is 35.2 Å². The molecule has 15 heteroatoms. The number of carbonyl (C=O) groups is 3. The van der Waals surface area contributed by atoms with Crippen molar-refractivity contribution in [2.45, 2.75) is 37.4 Å². The lowest BCUT2D eigenvalue weighted by Gasteiger charge is -2.28. The van der Waals surface area contributed by atoms with Gasteiger partial charge in [-0.25, -0.2) is 18.0 Å². The van der Waals surface area contributed by atoms with Gasteiger partial charge in [0.2, 0.25) is 0 Å². The number of carboxylic acid groups (broad SMARTS) is 1. The van der Waals surface area contributed by atoms with Gasteiger partial charge < -0.3 is 19.3 Å². The van der Waals surface area contributed by atoms with E-state index in [2.05, 4.69) is 4.74 Å². The molecule has 1 N–H and O–H groups in total. The van der Waals surface area contributed by atoms with Crippen molar-refractivity contribution in [3.8, 4) is 11.5 Å². The number of anilines is 1. The summed E-state index contributed by atoms with van der Waals surface area (Å²) in [7, 11) is -3.46. The minimum absolute atomic E-state index is 0.266. The molecule has 0 aliphatic rings. The number of esters is 1. The van der Waals surface area contributed by atoms with Crippen LogP contribution in [-0.2, 0) is 30.3 Å². The Hall–Kier alpha value is -3.52. The molecular weight excluding hydrogens is 559 g/mol. The number of halogens is 4. The molecule has 0 spiro atoms.